The number of fused-ring (bicyclic) bond motifs is 2. The first-order chi connectivity index (χ1) is 11.5. The maximum Gasteiger partial charge on any atom is 0.269 e. The molecule has 4 rings (SSSR count). The fourth-order valence-corrected chi connectivity index (χ4v) is 5.00. The van der Waals surface area contributed by atoms with Gasteiger partial charge in [-0.25, -0.2) is 4.98 Å². The molecule has 120 valence electrons. The SMILES string of the molecule is O=C(Nc1nc2c(Cl)c(Cl)ccc2s1)c1sc2ccccc2c1Cl. The number of hydrogen-bond acceptors (Lipinski definition) is 4. The van der Waals surface area contributed by atoms with E-state index in [0.29, 0.717) is 30.6 Å². The van der Waals surface area contributed by atoms with E-state index in [9.17, 15) is 4.79 Å². The van der Waals surface area contributed by atoms with Gasteiger partial charge in [0.2, 0.25) is 0 Å². The normalized spacial score (nSPS) is 11.3. The summed E-state index contributed by atoms with van der Waals surface area (Å²) in [7, 11) is 0. The van der Waals surface area contributed by atoms with Crippen molar-refractivity contribution in [2.24, 2.45) is 0 Å². The van der Waals surface area contributed by atoms with Gasteiger partial charge >= 0.3 is 0 Å². The molecule has 0 radical (unpaired) electrons. The number of anilines is 1. The molecule has 2 heterocycles. The van der Waals surface area contributed by atoms with Crippen LogP contribution in [0.15, 0.2) is 36.4 Å². The molecule has 8 heteroatoms. The van der Waals surface area contributed by atoms with E-state index in [4.69, 9.17) is 34.8 Å². The summed E-state index contributed by atoms with van der Waals surface area (Å²) in [5, 5.41) is 5.37. The third kappa shape index (κ3) is 2.66. The van der Waals surface area contributed by atoms with Gasteiger partial charge in [-0.05, 0) is 18.2 Å². The molecule has 3 nitrogen and oxygen atoms in total. The molecule has 0 unspecified atom stereocenters. The topological polar surface area (TPSA) is 42.0 Å². The second-order valence-corrected chi connectivity index (χ2v) is 8.17. The molecule has 0 fully saturated rings. The molecule has 0 saturated carbocycles. The molecule has 1 N–H and O–H groups in total. The van der Waals surface area contributed by atoms with Gasteiger partial charge in [0, 0.05) is 10.1 Å². The lowest BCUT2D eigenvalue weighted by Gasteiger charge is -1.99. The minimum absolute atomic E-state index is 0.289. The first-order valence-electron chi connectivity index (χ1n) is 6.77. The Balaban J connectivity index is 1.70. The molecule has 0 aliphatic carbocycles. The Kier molecular flexibility index (Phi) is 4.14. The number of carbonyl (C=O) groups excluding carboxylic acids is 1. The van der Waals surface area contributed by atoms with Crippen molar-refractivity contribution < 1.29 is 4.79 Å². The summed E-state index contributed by atoms with van der Waals surface area (Å²) in [5.74, 6) is -0.289. The Bertz CT molecular complexity index is 1100. The van der Waals surface area contributed by atoms with Crippen molar-refractivity contribution in [2.75, 3.05) is 5.32 Å². The molecule has 0 atom stereocenters. The van der Waals surface area contributed by atoms with Gasteiger partial charge in [-0.15, -0.1) is 11.3 Å². The third-order valence-electron chi connectivity index (χ3n) is 3.41. The number of thiophene rings is 1. The van der Waals surface area contributed by atoms with E-state index in [1.807, 2.05) is 30.3 Å². The molecule has 1 amide bonds. The van der Waals surface area contributed by atoms with Gasteiger partial charge in [-0.1, -0.05) is 64.3 Å². The maximum atomic E-state index is 12.6. The standard InChI is InChI=1S/C16H7Cl3N2OS2/c17-8-5-6-10-13(12(8)19)20-16(24-10)21-15(22)14-11(18)7-3-1-2-4-9(7)23-14/h1-6H,(H,20,21,22). The number of nitrogens with zero attached hydrogens (tertiary/aromatic N) is 1. The third-order valence-corrected chi connectivity index (χ3v) is 6.82. The smallest absolute Gasteiger partial charge is 0.269 e. The lowest BCUT2D eigenvalue weighted by atomic mass is 10.2. The van der Waals surface area contributed by atoms with E-state index in [1.165, 1.54) is 22.7 Å². The first-order valence-corrected chi connectivity index (χ1v) is 9.54. The number of carbonyl (C=O) groups is 1. The quantitative estimate of drug-likeness (QED) is 0.396. The van der Waals surface area contributed by atoms with Crippen LogP contribution in [0, 0.1) is 0 Å². The van der Waals surface area contributed by atoms with E-state index in [1.54, 1.807) is 6.07 Å². The van der Waals surface area contributed by atoms with Crippen LogP contribution in [0.4, 0.5) is 5.13 Å². The summed E-state index contributed by atoms with van der Waals surface area (Å²) in [6, 6.07) is 11.2. The van der Waals surface area contributed by atoms with E-state index in [-0.39, 0.29) is 5.91 Å². The van der Waals surface area contributed by atoms with Crippen LogP contribution in [-0.4, -0.2) is 10.9 Å². The average Bonchev–Trinajstić information content (AvgIpc) is 3.13. The molecule has 0 aliphatic rings. The minimum atomic E-state index is -0.289. The van der Waals surface area contributed by atoms with E-state index in [2.05, 4.69) is 10.3 Å². The van der Waals surface area contributed by atoms with Crippen molar-refractivity contribution in [3.63, 3.8) is 0 Å². The van der Waals surface area contributed by atoms with Crippen molar-refractivity contribution >= 4 is 88.8 Å². The predicted molar refractivity (Wildman–Crippen MR) is 104 cm³/mol. The van der Waals surface area contributed by atoms with Gasteiger partial charge in [-0.3, -0.25) is 10.1 Å². The lowest BCUT2D eigenvalue weighted by molar-refractivity contribution is 0.103. The molecule has 0 saturated heterocycles. The van der Waals surface area contributed by atoms with Crippen LogP contribution in [0.2, 0.25) is 15.1 Å². The highest BCUT2D eigenvalue weighted by Gasteiger charge is 2.19. The number of benzene rings is 2. The van der Waals surface area contributed by atoms with Crippen LogP contribution in [0.1, 0.15) is 9.67 Å². The summed E-state index contributed by atoms with van der Waals surface area (Å²) in [6.07, 6.45) is 0. The summed E-state index contributed by atoms with van der Waals surface area (Å²) in [5.41, 5.74) is 0.576. The Labute approximate surface area is 159 Å². The zero-order chi connectivity index (χ0) is 16.8. The Morgan fingerprint density at radius 3 is 2.54 bits per heavy atom. The molecule has 2 aromatic heterocycles. The Morgan fingerprint density at radius 1 is 0.958 bits per heavy atom. The zero-order valence-corrected chi connectivity index (χ0v) is 15.7. The molecule has 0 bridgehead atoms. The molecule has 0 aliphatic heterocycles. The van der Waals surface area contributed by atoms with Gasteiger partial charge in [0.1, 0.15) is 10.4 Å². The molecule has 4 aromatic rings. The van der Waals surface area contributed by atoms with Crippen LogP contribution in [0.3, 0.4) is 0 Å². The minimum Gasteiger partial charge on any atom is -0.297 e. The van der Waals surface area contributed by atoms with Crippen molar-refractivity contribution in [3.8, 4) is 0 Å². The fourth-order valence-electron chi connectivity index (χ4n) is 2.30. The summed E-state index contributed by atoms with van der Waals surface area (Å²) in [4.78, 5) is 17.4. The molecule has 0 spiro atoms. The van der Waals surface area contributed by atoms with Crippen molar-refractivity contribution in [1.82, 2.24) is 4.98 Å². The number of thiazole rings is 1. The van der Waals surface area contributed by atoms with Crippen LogP contribution in [0.25, 0.3) is 20.3 Å². The molecular formula is C16H7Cl3N2OS2. The maximum absolute atomic E-state index is 12.6. The fraction of sp³-hybridized carbons (Fsp3) is 0. The highest BCUT2D eigenvalue weighted by molar-refractivity contribution is 7.23. The van der Waals surface area contributed by atoms with E-state index in [0.717, 1.165) is 14.8 Å². The predicted octanol–water partition coefficient (Wildman–Crippen LogP) is 6.72. The number of rotatable bonds is 2. The summed E-state index contributed by atoms with van der Waals surface area (Å²) >= 11 is 21.2. The molecular weight excluding hydrogens is 407 g/mol. The van der Waals surface area contributed by atoms with Crippen molar-refractivity contribution in [1.29, 1.82) is 0 Å². The second kappa shape index (κ2) is 6.17. The van der Waals surface area contributed by atoms with Crippen LogP contribution < -0.4 is 5.32 Å². The highest BCUT2D eigenvalue weighted by Crippen LogP contribution is 2.37. The zero-order valence-electron chi connectivity index (χ0n) is 11.8. The van der Waals surface area contributed by atoms with Gasteiger partial charge in [0.15, 0.2) is 5.13 Å². The number of halogens is 3. The van der Waals surface area contributed by atoms with E-state index < -0.39 is 0 Å². The monoisotopic (exact) mass is 412 g/mol. The van der Waals surface area contributed by atoms with Crippen LogP contribution in [-0.2, 0) is 0 Å². The molecule has 24 heavy (non-hydrogen) atoms. The van der Waals surface area contributed by atoms with Crippen LogP contribution >= 0.6 is 57.5 Å². The summed E-state index contributed by atoms with van der Waals surface area (Å²) < 4.78 is 1.81. The van der Waals surface area contributed by atoms with Crippen molar-refractivity contribution in [2.45, 2.75) is 0 Å². The Morgan fingerprint density at radius 2 is 1.75 bits per heavy atom. The number of hydrogen-bond donors (Lipinski definition) is 1. The van der Waals surface area contributed by atoms with E-state index >= 15 is 0 Å². The second-order valence-electron chi connectivity index (χ2n) is 4.92. The largest absolute Gasteiger partial charge is 0.297 e. The van der Waals surface area contributed by atoms with Gasteiger partial charge in [-0.2, -0.15) is 0 Å². The summed E-state index contributed by atoms with van der Waals surface area (Å²) in [6.45, 7) is 0. The first kappa shape index (κ1) is 16.1. The lowest BCUT2D eigenvalue weighted by Crippen LogP contribution is -2.10. The van der Waals surface area contributed by atoms with Gasteiger partial charge in [0.05, 0.1) is 19.8 Å². The molecule has 2 aromatic carbocycles. The van der Waals surface area contributed by atoms with Crippen LogP contribution in [0.5, 0.6) is 0 Å². The highest BCUT2D eigenvalue weighted by atomic mass is 35.5. The number of amides is 1. The van der Waals surface area contributed by atoms with Gasteiger partial charge in [0.25, 0.3) is 5.91 Å². The average molecular weight is 414 g/mol. The Hall–Kier alpha value is -1.37. The van der Waals surface area contributed by atoms with Gasteiger partial charge < -0.3 is 0 Å². The van der Waals surface area contributed by atoms with Crippen molar-refractivity contribution in [3.05, 3.63) is 56.3 Å². The number of nitrogens with one attached hydrogen (secondary N) is 1. The number of aromatic nitrogens is 1.